The summed E-state index contributed by atoms with van der Waals surface area (Å²) in [6.45, 7) is 7.19. The van der Waals surface area contributed by atoms with Crippen molar-refractivity contribution >= 4 is 34.8 Å². The van der Waals surface area contributed by atoms with E-state index in [-0.39, 0.29) is 17.7 Å². The molecule has 7 nitrogen and oxygen atoms in total. The Balaban J connectivity index is 1.91. The van der Waals surface area contributed by atoms with Crippen molar-refractivity contribution in [1.29, 1.82) is 5.26 Å². The van der Waals surface area contributed by atoms with Crippen LogP contribution < -0.4 is 20.1 Å². The molecule has 0 bridgehead atoms. The van der Waals surface area contributed by atoms with E-state index in [2.05, 4.69) is 22.3 Å². The van der Waals surface area contributed by atoms with Gasteiger partial charge in [-0.25, -0.2) is 4.79 Å². The van der Waals surface area contributed by atoms with Crippen LogP contribution >= 0.6 is 11.3 Å². The second-order valence-electron chi connectivity index (χ2n) is 7.00. The number of aromatic nitrogens is 1. The molecule has 1 aromatic carbocycles. The molecule has 0 atom stereocenters. The maximum absolute atomic E-state index is 12.8. The number of likely N-dealkylation sites (tertiary alicyclic amines) is 1. The molecule has 8 heteroatoms. The minimum atomic E-state index is -0.711. The summed E-state index contributed by atoms with van der Waals surface area (Å²) in [6, 6.07) is 10.0. The monoisotopic (exact) mass is 426 g/mol. The van der Waals surface area contributed by atoms with Crippen LogP contribution in [0.3, 0.4) is 0 Å². The van der Waals surface area contributed by atoms with Crippen LogP contribution in [0.2, 0.25) is 0 Å². The van der Waals surface area contributed by atoms with Gasteiger partial charge in [0.1, 0.15) is 15.3 Å². The Morgan fingerprint density at radius 3 is 2.77 bits per heavy atom. The summed E-state index contributed by atoms with van der Waals surface area (Å²) < 4.78 is 7.13. The molecule has 1 N–H and O–H groups in total. The number of nitrogens with zero attached hydrogens (tertiary/aromatic N) is 3. The summed E-state index contributed by atoms with van der Waals surface area (Å²) >= 11 is 1.11. The zero-order valence-electron chi connectivity index (χ0n) is 17.3. The van der Waals surface area contributed by atoms with Gasteiger partial charge in [0.25, 0.3) is 5.56 Å². The van der Waals surface area contributed by atoms with Crippen LogP contribution in [0, 0.1) is 11.3 Å². The van der Waals surface area contributed by atoms with Crippen LogP contribution in [0.4, 0.5) is 5.69 Å². The van der Waals surface area contributed by atoms with E-state index in [0.29, 0.717) is 15.7 Å². The van der Waals surface area contributed by atoms with Gasteiger partial charge in [-0.1, -0.05) is 12.1 Å². The highest BCUT2D eigenvalue weighted by atomic mass is 32.1. The molecule has 0 radical (unpaired) electrons. The zero-order valence-corrected chi connectivity index (χ0v) is 18.1. The number of nitrogens with one attached hydrogen (secondary N) is 1. The molecule has 158 valence electrons. The molecule has 0 amide bonds. The number of hydrogen-bond donors (Lipinski definition) is 1. The van der Waals surface area contributed by atoms with Crippen LogP contribution in [0.1, 0.15) is 32.3 Å². The Hall–Kier alpha value is -2.89. The van der Waals surface area contributed by atoms with Gasteiger partial charge in [0.15, 0.2) is 5.57 Å². The van der Waals surface area contributed by atoms with Gasteiger partial charge in [0.2, 0.25) is 0 Å². The van der Waals surface area contributed by atoms with Crippen molar-refractivity contribution < 1.29 is 9.53 Å². The number of carbonyl (C=O) groups excluding carboxylic acids is 1. The molecule has 1 aliphatic heterocycles. The van der Waals surface area contributed by atoms with Gasteiger partial charge < -0.3 is 10.1 Å². The number of anilines is 1. The normalized spacial score (nSPS) is 15.7. The molecule has 2 heterocycles. The summed E-state index contributed by atoms with van der Waals surface area (Å²) in [5, 5.41) is 12.6. The highest BCUT2D eigenvalue weighted by Crippen LogP contribution is 2.16. The molecular weight excluding hydrogens is 400 g/mol. The van der Waals surface area contributed by atoms with Crippen molar-refractivity contribution in [3.8, 4) is 6.07 Å². The molecule has 1 aliphatic rings. The number of carbonyl (C=O) groups is 1. The molecule has 1 saturated heterocycles. The van der Waals surface area contributed by atoms with Gasteiger partial charge >= 0.3 is 5.97 Å². The van der Waals surface area contributed by atoms with Crippen LogP contribution in [-0.2, 0) is 22.6 Å². The van der Waals surface area contributed by atoms with Gasteiger partial charge in [-0.05, 0) is 57.5 Å². The molecule has 0 saturated carbocycles. The molecule has 0 spiro atoms. The Kier molecular flexibility index (Phi) is 7.44. The lowest BCUT2D eigenvalue weighted by atomic mass is 10.2. The first-order valence-electron chi connectivity index (χ1n) is 10.2. The summed E-state index contributed by atoms with van der Waals surface area (Å²) in [7, 11) is 0. The van der Waals surface area contributed by atoms with E-state index in [9.17, 15) is 14.9 Å². The predicted octanol–water partition coefficient (Wildman–Crippen LogP) is 1.61. The first-order chi connectivity index (χ1) is 14.6. The van der Waals surface area contributed by atoms with Crippen molar-refractivity contribution in [3.63, 3.8) is 0 Å². The maximum Gasteiger partial charge on any atom is 0.351 e. The van der Waals surface area contributed by atoms with Gasteiger partial charge in [-0.15, -0.1) is 11.3 Å². The van der Waals surface area contributed by atoms with Crippen molar-refractivity contribution in [2.24, 2.45) is 0 Å². The lowest BCUT2D eigenvalue weighted by Crippen LogP contribution is -2.32. The largest absolute Gasteiger partial charge is 0.462 e. The van der Waals surface area contributed by atoms with Gasteiger partial charge in [-0.3, -0.25) is 14.3 Å². The fourth-order valence-electron chi connectivity index (χ4n) is 3.48. The lowest BCUT2D eigenvalue weighted by molar-refractivity contribution is -0.136. The third-order valence-electron chi connectivity index (χ3n) is 4.93. The molecule has 30 heavy (non-hydrogen) atoms. The van der Waals surface area contributed by atoms with E-state index < -0.39 is 5.97 Å². The fourth-order valence-corrected chi connectivity index (χ4v) is 4.56. The number of esters is 1. The second kappa shape index (κ2) is 10.2. The number of rotatable bonds is 7. The van der Waals surface area contributed by atoms with E-state index in [0.717, 1.165) is 36.7 Å². The van der Waals surface area contributed by atoms with Gasteiger partial charge in [0.05, 0.1) is 6.61 Å². The van der Waals surface area contributed by atoms with Crippen molar-refractivity contribution in [3.05, 3.63) is 49.4 Å². The second-order valence-corrected chi connectivity index (χ2v) is 8.03. The van der Waals surface area contributed by atoms with Crippen LogP contribution in [-0.4, -0.2) is 35.1 Å². The maximum atomic E-state index is 12.8. The van der Waals surface area contributed by atoms with Crippen LogP contribution in [0.15, 0.2) is 29.1 Å². The van der Waals surface area contributed by atoms with E-state index in [1.54, 1.807) is 20.0 Å². The average molecular weight is 427 g/mol. The van der Waals surface area contributed by atoms with Crippen LogP contribution in [0.5, 0.6) is 0 Å². The lowest BCUT2D eigenvalue weighted by Gasteiger charge is -2.15. The summed E-state index contributed by atoms with van der Waals surface area (Å²) in [5.41, 5.74) is 1.72. The van der Waals surface area contributed by atoms with E-state index >= 15 is 0 Å². The van der Waals surface area contributed by atoms with Crippen LogP contribution in [0.25, 0.3) is 11.8 Å². The molecule has 1 fully saturated rings. The van der Waals surface area contributed by atoms with E-state index in [1.165, 1.54) is 23.0 Å². The zero-order chi connectivity index (χ0) is 21.5. The average Bonchev–Trinajstić information content (AvgIpc) is 3.35. The Morgan fingerprint density at radius 1 is 1.33 bits per heavy atom. The smallest absolute Gasteiger partial charge is 0.351 e. The summed E-state index contributed by atoms with van der Waals surface area (Å²) in [4.78, 5) is 27.3. The molecule has 2 aromatic rings. The topological polar surface area (TPSA) is 87.4 Å². The molecule has 1 aromatic heterocycles. The van der Waals surface area contributed by atoms with E-state index in [1.807, 2.05) is 18.2 Å². The number of nitriles is 1. The van der Waals surface area contributed by atoms with Gasteiger partial charge in [0, 0.05) is 25.0 Å². The highest BCUT2D eigenvalue weighted by Gasteiger charge is 2.16. The van der Waals surface area contributed by atoms with Crippen molar-refractivity contribution in [2.45, 2.75) is 39.8 Å². The minimum Gasteiger partial charge on any atom is -0.462 e. The Bertz CT molecular complexity index is 1120. The third-order valence-corrected chi connectivity index (χ3v) is 6.06. The quantitative estimate of drug-likeness (QED) is 0.677. The number of hydrogen-bond acceptors (Lipinski definition) is 7. The molecular formula is C22H26N4O3S. The highest BCUT2D eigenvalue weighted by molar-refractivity contribution is 7.07. The number of benzene rings is 1. The third kappa shape index (κ3) is 4.99. The standard InChI is InChI=1S/C22H26N4O3S/c1-3-26-20(27)19(30-21(26)18(13-23)22(28)29-4-2)14-24-17-9-7-8-16(12-17)15-25-10-5-6-11-25/h7-9,12,14,24H,3-6,10-11,15H2,1-2H3. The van der Waals surface area contributed by atoms with Crippen molar-refractivity contribution in [1.82, 2.24) is 9.47 Å². The molecule has 0 unspecified atom stereocenters. The molecule has 0 aliphatic carbocycles. The minimum absolute atomic E-state index is 0.145. The fraction of sp³-hybridized carbons (Fsp3) is 0.409. The number of ether oxygens (including phenoxy) is 1. The first-order valence-corrected chi connectivity index (χ1v) is 11.0. The van der Waals surface area contributed by atoms with Gasteiger partial charge in [-0.2, -0.15) is 5.26 Å². The molecule has 3 rings (SSSR count). The van der Waals surface area contributed by atoms with Crippen molar-refractivity contribution in [2.75, 3.05) is 25.0 Å². The number of thiazole rings is 1. The van der Waals surface area contributed by atoms with E-state index in [4.69, 9.17) is 4.74 Å². The summed E-state index contributed by atoms with van der Waals surface area (Å²) in [6.07, 6.45) is 4.14. The SMILES string of the molecule is CCOC(=O)C(C#N)=c1sc(=CNc2cccc(CN3CCCC3)c2)c(=O)n1CC. The Labute approximate surface area is 179 Å². The Morgan fingerprint density at radius 2 is 2.10 bits per heavy atom. The summed E-state index contributed by atoms with van der Waals surface area (Å²) in [5.74, 6) is -0.711. The first kappa shape index (κ1) is 21.8. The predicted molar refractivity (Wildman–Crippen MR) is 118 cm³/mol.